The van der Waals surface area contributed by atoms with E-state index in [2.05, 4.69) is 4.74 Å². The van der Waals surface area contributed by atoms with E-state index < -0.39 is 6.16 Å². The normalized spacial score (nSPS) is 10.8. The Morgan fingerprint density at radius 2 is 2.00 bits per heavy atom. The van der Waals surface area contributed by atoms with Gasteiger partial charge in [-0.15, -0.1) is 0 Å². The van der Waals surface area contributed by atoms with Crippen LogP contribution < -0.4 is 0 Å². The second-order valence-corrected chi connectivity index (χ2v) is 1.60. The molecule has 0 unspecified atom stereocenters. The summed E-state index contributed by atoms with van der Waals surface area (Å²) in [7, 11) is 0. The highest BCUT2D eigenvalue weighted by Crippen LogP contribution is 1.94. The smallest absolute Gasteiger partial charge is 0.450 e. The van der Waals surface area contributed by atoms with Gasteiger partial charge in [-0.25, -0.2) is 4.79 Å². The summed E-state index contributed by atoms with van der Waals surface area (Å²) in [5.74, 6) is 0. The van der Waals surface area contributed by atoms with Crippen LogP contribution in [0.1, 0.15) is 34.1 Å². The Labute approximate surface area is 62.0 Å². The van der Waals surface area contributed by atoms with Crippen LogP contribution in [0.3, 0.4) is 0 Å². The third-order valence-electron chi connectivity index (χ3n) is 0.877. The first-order chi connectivity index (χ1) is 4.66. The van der Waals surface area contributed by atoms with Gasteiger partial charge in [0.1, 0.15) is 6.10 Å². The third kappa shape index (κ3) is 10.3. The molecule has 10 heavy (non-hydrogen) atoms. The molecule has 0 spiro atoms. The average Bonchev–Trinajstić information content (AvgIpc) is 1.91. The van der Waals surface area contributed by atoms with Crippen molar-refractivity contribution in [3.05, 3.63) is 0 Å². The van der Waals surface area contributed by atoms with Crippen LogP contribution in [-0.4, -0.2) is 17.4 Å². The van der Waals surface area contributed by atoms with Gasteiger partial charge in [0.15, 0.2) is 0 Å². The molecule has 0 saturated heterocycles. The zero-order valence-corrected chi connectivity index (χ0v) is 7.05. The summed E-state index contributed by atoms with van der Waals surface area (Å²) in [6.07, 6.45) is -0.640. The molecule has 0 fully saturated rings. The van der Waals surface area contributed by atoms with Crippen LogP contribution in [0.25, 0.3) is 0 Å². The maximum atomic E-state index is 9.75. The Bertz CT molecular complexity index is 80.9. The van der Waals surface area contributed by atoms with Gasteiger partial charge in [0.25, 0.3) is 0 Å². The van der Waals surface area contributed by atoms with Crippen LogP contribution in [0.5, 0.6) is 0 Å². The molecule has 0 aliphatic heterocycles. The van der Waals surface area contributed by atoms with E-state index in [1.54, 1.807) is 6.92 Å². The fourth-order valence-corrected chi connectivity index (χ4v) is 0.255. The van der Waals surface area contributed by atoms with Gasteiger partial charge in [0.2, 0.25) is 0 Å². The van der Waals surface area contributed by atoms with Gasteiger partial charge in [-0.05, 0) is 13.3 Å². The number of carboxylic acid groups (broad SMARTS) is 1. The molecule has 0 bridgehead atoms. The van der Waals surface area contributed by atoms with Crippen LogP contribution in [0, 0.1) is 0 Å². The lowest BCUT2D eigenvalue weighted by atomic mass is 10.3. The van der Waals surface area contributed by atoms with E-state index in [1.165, 1.54) is 0 Å². The third-order valence-corrected chi connectivity index (χ3v) is 0.877. The molecule has 0 amide bonds. The summed E-state index contributed by atoms with van der Waals surface area (Å²) in [5, 5.41) is 7.99. The van der Waals surface area contributed by atoms with Crippen molar-refractivity contribution in [3.63, 3.8) is 0 Å². The minimum atomic E-state index is -1.20. The predicted octanol–water partition coefficient (Wildman–Crippen LogP) is 2.51. The minimum absolute atomic E-state index is 0.174. The molecule has 1 N–H and O–H groups in total. The van der Waals surface area contributed by atoms with E-state index in [1.807, 2.05) is 20.8 Å². The van der Waals surface area contributed by atoms with E-state index >= 15 is 0 Å². The second kappa shape index (κ2) is 8.27. The van der Waals surface area contributed by atoms with Crippen molar-refractivity contribution in [2.75, 3.05) is 0 Å². The van der Waals surface area contributed by atoms with E-state index in [9.17, 15) is 4.79 Å². The SMILES string of the molecule is CC.CC[C@@H](C)OC(=O)O. The predicted molar refractivity (Wildman–Crippen MR) is 40.2 cm³/mol. The first-order valence-electron chi connectivity index (χ1n) is 3.56. The van der Waals surface area contributed by atoms with Crippen LogP contribution in [0.15, 0.2) is 0 Å². The monoisotopic (exact) mass is 148 g/mol. The van der Waals surface area contributed by atoms with Gasteiger partial charge in [0, 0.05) is 0 Å². The Kier molecular flexibility index (Phi) is 9.92. The zero-order valence-electron chi connectivity index (χ0n) is 7.05. The molecule has 3 nitrogen and oxygen atoms in total. The largest absolute Gasteiger partial charge is 0.506 e. The molecule has 0 rings (SSSR count). The highest BCUT2D eigenvalue weighted by molar-refractivity contribution is 5.56. The first-order valence-corrected chi connectivity index (χ1v) is 3.56. The molecular formula is C7H16O3. The van der Waals surface area contributed by atoms with Crippen LogP contribution in [0.2, 0.25) is 0 Å². The summed E-state index contributed by atoms with van der Waals surface area (Å²) in [6.45, 7) is 7.59. The molecule has 1 atom stereocenters. The summed E-state index contributed by atoms with van der Waals surface area (Å²) >= 11 is 0. The molecule has 0 aromatic rings. The first kappa shape index (κ1) is 12.0. The van der Waals surface area contributed by atoms with Gasteiger partial charge in [0.05, 0.1) is 0 Å². The molecule has 0 aliphatic rings. The molecule has 0 saturated carbocycles. The lowest BCUT2D eigenvalue weighted by Gasteiger charge is -2.04. The van der Waals surface area contributed by atoms with Crippen molar-refractivity contribution in [2.45, 2.75) is 40.2 Å². The zero-order chi connectivity index (χ0) is 8.57. The number of hydrogen-bond donors (Lipinski definition) is 1. The fraction of sp³-hybridized carbons (Fsp3) is 0.857. The highest BCUT2D eigenvalue weighted by atomic mass is 16.7. The lowest BCUT2D eigenvalue weighted by Crippen LogP contribution is -2.10. The average molecular weight is 148 g/mol. The Balaban J connectivity index is 0. The number of hydrogen-bond acceptors (Lipinski definition) is 2. The minimum Gasteiger partial charge on any atom is -0.450 e. The Hall–Kier alpha value is -0.730. The van der Waals surface area contributed by atoms with E-state index in [4.69, 9.17) is 5.11 Å². The van der Waals surface area contributed by atoms with E-state index in [0.717, 1.165) is 6.42 Å². The standard InChI is InChI=1S/C5H10O3.C2H6/c1-3-4(2)8-5(6)7;1-2/h4H,3H2,1-2H3,(H,6,7);1-2H3/t4-;/m1./s1. The summed E-state index contributed by atoms with van der Waals surface area (Å²) in [4.78, 5) is 9.75. The molecule has 3 heteroatoms. The molecule has 62 valence electrons. The molecular weight excluding hydrogens is 132 g/mol. The summed E-state index contributed by atoms with van der Waals surface area (Å²) in [5.41, 5.74) is 0. The quantitative estimate of drug-likeness (QED) is 0.612. The van der Waals surface area contributed by atoms with Crippen molar-refractivity contribution < 1.29 is 14.6 Å². The maximum absolute atomic E-state index is 9.75. The Morgan fingerprint density at radius 1 is 1.60 bits per heavy atom. The van der Waals surface area contributed by atoms with Crippen LogP contribution in [-0.2, 0) is 4.74 Å². The molecule has 0 aromatic heterocycles. The van der Waals surface area contributed by atoms with Gasteiger partial charge in [-0.3, -0.25) is 0 Å². The molecule has 0 radical (unpaired) electrons. The maximum Gasteiger partial charge on any atom is 0.506 e. The van der Waals surface area contributed by atoms with Crippen molar-refractivity contribution in [1.29, 1.82) is 0 Å². The lowest BCUT2D eigenvalue weighted by molar-refractivity contribution is 0.0577. The van der Waals surface area contributed by atoms with Crippen molar-refractivity contribution >= 4 is 6.16 Å². The van der Waals surface area contributed by atoms with Gasteiger partial charge >= 0.3 is 6.16 Å². The van der Waals surface area contributed by atoms with Crippen molar-refractivity contribution in [1.82, 2.24) is 0 Å². The van der Waals surface area contributed by atoms with Gasteiger partial charge < -0.3 is 9.84 Å². The van der Waals surface area contributed by atoms with Crippen LogP contribution >= 0.6 is 0 Å². The fourth-order valence-electron chi connectivity index (χ4n) is 0.255. The highest BCUT2D eigenvalue weighted by Gasteiger charge is 2.01. The summed E-state index contributed by atoms with van der Waals surface area (Å²) in [6, 6.07) is 0. The van der Waals surface area contributed by atoms with Crippen molar-refractivity contribution in [3.8, 4) is 0 Å². The summed E-state index contributed by atoms with van der Waals surface area (Å²) < 4.78 is 4.32. The topological polar surface area (TPSA) is 46.5 Å². The molecule has 0 heterocycles. The number of ether oxygens (including phenoxy) is 1. The van der Waals surface area contributed by atoms with Gasteiger partial charge in [-0.1, -0.05) is 20.8 Å². The number of rotatable bonds is 2. The number of carbonyl (C=O) groups is 1. The van der Waals surface area contributed by atoms with Crippen LogP contribution in [0.4, 0.5) is 4.79 Å². The molecule has 0 aliphatic carbocycles. The van der Waals surface area contributed by atoms with Gasteiger partial charge in [-0.2, -0.15) is 0 Å². The van der Waals surface area contributed by atoms with Crippen molar-refractivity contribution in [2.24, 2.45) is 0 Å². The van der Waals surface area contributed by atoms with E-state index in [0.29, 0.717) is 0 Å². The molecule has 0 aromatic carbocycles. The second-order valence-electron chi connectivity index (χ2n) is 1.60. The Morgan fingerprint density at radius 3 is 2.10 bits per heavy atom. The van der Waals surface area contributed by atoms with E-state index in [-0.39, 0.29) is 6.10 Å².